The molecule has 0 aliphatic rings. The third-order valence-electron chi connectivity index (χ3n) is 3.07. The minimum Gasteiger partial charge on any atom is -0.492 e. The van der Waals surface area contributed by atoms with E-state index < -0.39 is 6.03 Å². The van der Waals surface area contributed by atoms with Gasteiger partial charge in [0.15, 0.2) is 5.82 Å². The largest absolute Gasteiger partial charge is 0.492 e. The lowest BCUT2D eigenvalue weighted by atomic mass is 10.3. The number of amides is 2. The highest BCUT2D eigenvalue weighted by atomic mass is 16.5. The average molecular weight is 324 g/mol. The van der Waals surface area contributed by atoms with Crippen LogP contribution in [0.4, 0.5) is 16.3 Å². The fourth-order valence-electron chi connectivity index (χ4n) is 2.07. The molecule has 3 aromatic rings. The number of nitrogens with zero attached hydrogens (tertiary/aromatic N) is 4. The fourth-order valence-corrected chi connectivity index (χ4v) is 2.07. The molecule has 2 amide bonds. The molecule has 2 aromatic heterocycles. The normalized spacial score (nSPS) is 10.2. The van der Waals surface area contributed by atoms with Crippen molar-refractivity contribution in [3.63, 3.8) is 0 Å². The van der Waals surface area contributed by atoms with Crippen LogP contribution < -0.4 is 15.4 Å². The summed E-state index contributed by atoms with van der Waals surface area (Å²) in [7, 11) is 0. The van der Waals surface area contributed by atoms with Crippen molar-refractivity contribution in [3.8, 4) is 11.6 Å². The maximum absolute atomic E-state index is 12.2. The summed E-state index contributed by atoms with van der Waals surface area (Å²) in [6.07, 6.45) is 4.76. The summed E-state index contributed by atoms with van der Waals surface area (Å²) in [6, 6.07) is 10.2. The Bertz CT molecular complexity index is 819. The Morgan fingerprint density at radius 1 is 1.21 bits per heavy atom. The van der Waals surface area contributed by atoms with E-state index in [0.29, 0.717) is 29.7 Å². The molecule has 1 aromatic carbocycles. The van der Waals surface area contributed by atoms with Crippen LogP contribution in [0.2, 0.25) is 0 Å². The molecule has 0 unspecified atom stereocenters. The molecule has 0 fully saturated rings. The van der Waals surface area contributed by atoms with E-state index in [4.69, 9.17) is 4.74 Å². The molecule has 8 nitrogen and oxygen atoms in total. The number of anilines is 2. The van der Waals surface area contributed by atoms with Gasteiger partial charge in [0, 0.05) is 18.5 Å². The summed E-state index contributed by atoms with van der Waals surface area (Å²) in [6.45, 7) is 2.40. The van der Waals surface area contributed by atoms with Crippen molar-refractivity contribution in [2.24, 2.45) is 0 Å². The van der Waals surface area contributed by atoms with Crippen LogP contribution in [0.15, 0.2) is 55.1 Å². The van der Waals surface area contributed by atoms with E-state index in [1.807, 2.05) is 19.1 Å². The number of benzene rings is 1. The van der Waals surface area contributed by atoms with Gasteiger partial charge in [0.05, 0.1) is 12.3 Å². The van der Waals surface area contributed by atoms with Crippen LogP contribution in [0, 0.1) is 0 Å². The Morgan fingerprint density at radius 3 is 2.88 bits per heavy atom. The highest BCUT2D eigenvalue weighted by molar-refractivity contribution is 6.00. The molecule has 0 aliphatic heterocycles. The van der Waals surface area contributed by atoms with Gasteiger partial charge in [-0.25, -0.2) is 19.4 Å². The number of para-hydroxylation sites is 2. The molecule has 0 radical (unpaired) electrons. The van der Waals surface area contributed by atoms with Gasteiger partial charge in [-0.3, -0.25) is 5.32 Å². The summed E-state index contributed by atoms with van der Waals surface area (Å²) in [5.74, 6) is 1.52. The van der Waals surface area contributed by atoms with E-state index in [-0.39, 0.29) is 0 Å². The van der Waals surface area contributed by atoms with E-state index >= 15 is 0 Å². The monoisotopic (exact) mass is 324 g/mol. The molecule has 122 valence electrons. The van der Waals surface area contributed by atoms with Gasteiger partial charge in [-0.1, -0.05) is 12.1 Å². The smallest absolute Gasteiger partial charge is 0.324 e. The Hall–Kier alpha value is -3.42. The number of carbonyl (C=O) groups is 1. The molecule has 0 saturated heterocycles. The third kappa shape index (κ3) is 3.67. The van der Waals surface area contributed by atoms with Crippen molar-refractivity contribution in [2.75, 3.05) is 17.2 Å². The zero-order chi connectivity index (χ0) is 16.8. The summed E-state index contributed by atoms with van der Waals surface area (Å²) >= 11 is 0. The van der Waals surface area contributed by atoms with Gasteiger partial charge < -0.3 is 10.1 Å². The maximum atomic E-state index is 12.2. The minimum absolute atomic E-state index is 0.363. The van der Waals surface area contributed by atoms with E-state index in [1.54, 1.807) is 41.3 Å². The summed E-state index contributed by atoms with van der Waals surface area (Å²) in [5.41, 5.74) is 0.582. The van der Waals surface area contributed by atoms with Gasteiger partial charge in [0.1, 0.15) is 17.9 Å². The molecule has 0 atom stereocenters. The van der Waals surface area contributed by atoms with Crippen LogP contribution in [0.3, 0.4) is 0 Å². The first kappa shape index (κ1) is 15.5. The topological polar surface area (TPSA) is 94.0 Å². The number of urea groups is 1. The number of ether oxygens (including phenoxy) is 1. The Balaban J connectivity index is 1.71. The molecule has 2 N–H and O–H groups in total. The Labute approximate surface area is 138 Å². The van der Waals surface area contributed by atoms with Gasteiger partial charge in [0.2, 0.25) is 0 Å². The number of hydrogen-bond donors (Lipinski definition) is 2. The predicted octanol–water partition coefficient (Wildman–Crippen LogP) is 2.71. The first-order valence-electron chi connectivity index (χ1n) is 7.38. The maximum Gasteiger partial charge on any atom is 0.324 e. The SMILES string of the molecule is CCOc1ccccc1NC(=O)Nc1cc(-n2cccn2)ncn1. The standard InChI is InChI=1S/C16H16N6O2/c1-2-24-13-7-4-3-6-12(13)20-16(23)21-14-10-15(18-11-17-14)22-9-5-8-19-22/h3-11H,2H2,1H3,(H2,17,18,20,21,23). The molecule has 2 heterocycles. The van der Waals surface area contributed by atoms with Gasteiger partial charge >= 0.3 is 6.03 Å². The molecule has 0 saturated carbocycles. The van der Waals surface area contributed by atoms with Crippen LogP contribution in [-0.2, 0) is 0 Å². The second-order valence-corrected chi connectivity index (χ2v) is 4.72. The zero-order valence-corrected chi connectivity index (χ0v) is 13.0. The number of carbonyl (C=O) groups excluding carboxylic acids is 1. The second kappa shape index (κ2) is 7.23. The molecule has 0 bridgehead atoms. The summed E-state index contributed by atoms with van der Waals surface area (Å²) in [5, 5.41) is 9.49. The van der Waals surface area contributed by atoms with Crippen LogP contribution in [-0.4, -0.2) is 32.4 Å². The minimum atomic E-state index is -0.424. The van der Waals surface area contributed by atoms with Crippen molar-refractivity contribution in [3.05, 3.63) is 55.1 Å². The lowest BCUT2D eigenvalue weighted by Gasteiger charge is -2.12. The lowest BCUT2D eigenvalue weighted by Crippen LogP contribution is -2.21. The van der Waals surface area contributed by atoms with Crippen molar-refractivity contribution >= 4 is 17.5 Å². The van der Waals surface area contributed by atoms with Crippen LogP contribution >= 0.6 is 0 Å². The highest BCUT2D eigenvalue weighted by Gasteiger charge is 2.09. The quantitative estimate of drug-likeness (QED) is 0.752. The number of rotatable bonds is 5. The van der Waals surface area contributed by atoms with Crippen LogP contribution in [0.25, 0.3) is 5.82 Å². The van der Waals surface area contributed by atoms with Crippen molar-refractivity contribution in [1.29, 1.82) is 0 Å². The van der Waals surface area contributed by atoms with Crippen LogP contribution in [0.5, 0.6) is 5.75 Å². The molecule has 24 heavy (non-hydrogen) atoms. The molecule has 0 aliphatic carbocycles. The predicted molar refractivity (Wildman–Crippen MR) is 89.4 cm³/mol. The number of hydrogen-bond acceptors (Lipinski definition) is 5. The van der Waals surface area contributed by atoms with Crippen molar-refractivity contribution in [1.82, 2.24) is 19.7 Å². The molecular formula is C16H16N6O2. The van der Waals surface area contributed by atoms with Crippen LogP contribution in [0.1, 0.15) is 6.92 Å². The second-order valence-electron chi connectivity index (χ2n) is 4.72. The molecule has 0 spiro atoms. The number of nitrogens with one attached hydrogen (secondary N) is 2. The van der Waals surface area contributed by atoms with Gasteiger partial charge in [-0.2, -0.15) is 5.10 Å². The first-order chi connectivity index (χ1) is 11.8. The van der Waals surface area contributed by atoms with E-state index in [2.05, 4.69) is 25.7 Å². The van der Waals surface area contributed by atoms with Gasteiger partial charge in [-0.05, 0) is 25.1 Å². The van der Waals surface area contributed by atoms with Crippen molar-refractivity contribution < 1.29 is 9.53 Å². The number of aromatic nitrogens is 4. The van der Waals surface area contributed by atoms with Gasteiger partial charge in [0.25, 0.3) is 0 Å². The Kier molecular flexibility index (Phi) is 4.66. The lowest BCUT2D eigenvalue weighted by molar-refractivity contribution is 0.262. The summed E-state index contributed by atoms with van der Waals surface area (Å²) in [4.78, 5) is 20.3. The fraction of sp³-hybridized carbons (Fsp3) is 0.125. The summed E-state index contributed by atoms with van der Waals surface area (Å²) < 4.78 is 7.05. The van der Waals surface area contributed by atoms with Gasteiger partial charge in [-0.15, -0.1) is 0 Å². The van der Waals surface area contributed by atoms with E-state index in [0.717, 1.165) is 0 Å². The zero-order valence-electron chi connectivity index (χ0n) is 13.0. The molecule has 8 heteroatoms. The molecular weight excluding hydrogens is 308 g/mol. The van der Waals surface area contributed by atoms with E-state index in [9.17, 15) is 4.79 Å². The highest BCUT2D eigenvalue weighted by Crippen LogP contribution is 2.23. The average Bonchev–Trinajstić information content (AvgIpc) is 3.12. The van der Waals surface area contributed by atoms with Crippen molar-refractivity contribution in [2.45, 2.75) is 6.92 Å². The van der Waals surface area contributed by atoms with E-state index in [1.165, 1.54) is 6.33 Å². The Morgan fingerprint density at radius 2 is 2.08 bits per heavy atom. The first-order valence-corrected chi connectivity index (χ1v) is 7.38. The molecule has 3 rings (SSSR count). The third-order valence-corrected chi connectivity index (χ3v) is 3.07.